The van der Waals surface area contributed by atoms with Crippen molar-refractivity contribution in [3.63, 3.8) is 0 Å². The second kappa shape index (κ2) is 6.53. The molecular formula is C14H27N3O. The van der Waals surface area contributed by atoms with Crippen LogP contribution in [0.15, 0.2) is 0 Å². The van der Waals surface area contributed by atoms with Crippen molar-refractivity contribution in [3.8, 4) is 0 Å². The van der Waals surface area contributed by atoms with Crippen LogP contribution < -0.4 is 11.1 Å². The Labute approximate surface area is 110 Å². The fraction of sp³-hybridized carbons (Fsp3) is 0.929. The van der Waals surface area contributed by atoms with Crippen molar-refractivity contribution < 1.29 is 4.79 Å². The van der Waals surface area contributed by atoms with Crippen LogP contribution in [0.3, 0.4) is 0 Å². The molecule has 2 aliphatic rings. The Morgan fingerprint density at radius 2 is 2.11 bits per heavy atom. The number of nitrogens with two attached hydrogens (primary N) is 1. The summed E-state index contributed by atoms with van der Waals surface area (Å²) in [5.41, 5.74) is 5.92. The van der Waals surface area contributed by atoms with E-state index in [4.69, 9.17) is 5.73 Å². The number of carbonyl (C=O) groups is 1. The molecule has 2 aliphatic carbocycles. The number of likely N-dealkylation sites (N-methyl/N-ethyl adjacent to an activating group) is 1. The number of hydrogen-bond donors (Lipinski definition) is 2. The molecule has 0 heterocycles. The molecule has 2 fully saturated rings. The Balaban J connectivity index is 1.64. The zero-order chi connectivity index (χ0) is 13.0. The predicted molar refractivity (Wildman–Crippen MR) is 73.2 cm³/mol. The van der Waals surface area contributed by atoms with E-state index in [0.717, 1.165) is 51.4 Å². The van der Waals surface area contributed by atoms with Gasteiger partial charge in [0, 0.05) is 31.1 Å². The Bertz CT molecular complexity index is 278. The molecule has 1 amide bonds. The Morgan fingerprint density at radius 1 is 1.33 bits per heavy atom. The smallest absolute Gasteiger partial charge is 0.223 e. The van der Waals surface area contributed by atoms with E-state index < -0.39 is 0 Å². The van der Waals surface area contributed by atoms with Gasteiger partial charge in [-0.3, -0.25) is 9.69 Å². The van der Waals surface area contributed by atoms with Crippen molar-refractivity contribution in [2.75, 3.05) is 19.6 Å². The second-order valence-corrected chi connectivity index (χ2v) is 5.77. The Hall–Kier alpha value is -0.610. The van der Waals surface area contributed by atoms with Crippen molar-refractivity contribution in [3.05, 3.63) is 0 Å². The van der Waals surface area contributed by atoms with E-state index in [2.05, 4.69) is 17.1 Å². The van der Waals surface area contributed by atoms with Crippen LogP contribution >= 0.6 is 0 Å². The normalized spacial score (nSPS) is 28.4. The highest BCUT2D eigenvalue weighted by Gasteiger charge is 2.28. The maximum Gasteiger partial charge on any atom is 0.223 e. The topological polar surface area (TPSA) is 58.4 Å². The molecule has 18 heavy (non-hydrogen) atoms. The zero-order valence-electron chi connectivity index (χ0n) is 11.5. The van der Waals surface area contributed by atoms with Gasteiger partial charge in [0.05, 0.1) is 0 Å². The van der Waals surface area contributed by atoms with Gasteiger partial charge >= 0.3 is 0 Å². The van der Waals surface area contributed by atoms with Crippen molar-refractivity contribution in [2.24, 2.45) is 11.7 Å². The molecule has 0 radical (unpaired) electrons. The molecule has 4 nitrogen and oxygen atoms in total. The van der Waals surface area contributed by atoms with Crippen LogP contribution in [0.4, 0.5) is 0 Å². The summed E-state index contributed by atoms with van der Waals surface area (Å²) in [4.78, 5) is 14.5. The van der Waals surface area contributed by atoms with Gasteiger partial charge in [0.15, 0.2) is 0 Å². The Kier molecular flexibility index (Phi) is 5.01. The van der Waals surface area contributed by atoms with Crippen LogP contribution in [0.25, 0.3) is 0 Å². The predicted octanol–water partition coefficient (Wildman–Crippen LogP) is 1.10. The van der Waals surface area contributed by atoms with Crippen LogP contribution in [0, 0.1) is 5.92 Å². The van der Waals surface area contributed by atoms with E-state index in [1.165, 1.54) is 12.8 Å². The molecular weight excluding hydrogens is 226 g/mol. The van der Waals surface area contributed by atoms with Crippen LogP contribution in [0.5, 0.6) is 0 Å². The zero-order valence-corrected chi connectivity index (χ0v) is 11.5. The standard InChI is InChI=1S/C14H27N3O/c1-2-17(13-6-7-13)9-8-16-14(18)11-4-3-5-12(15)10-11/h11-13H,2-10,15H2,1H3,(H,16,18). The van der Waals surface area contributed by atoms with Crippen LogP contribution in [-0.4, -0.2) is 42.5 Å². The monoisotopic (exact) mass is 253 g/mol. The van der Waals surface area contributed by atoms with Gasteiger partial charge in [-0.05, 0) is 38.6 Å². The summed E-state index contributed by atoms with van der Waals surface area (Å²) in [5, 5.41) is 3.08. The maximum atomic E-state index is 12.0. The summed E-state index contributed by atoms with van der Waals surface area (Å²) < 4.78 is 0. The summed E-state index contributed by atoms with van der Waals surface area (Å²) in [6.07, 6.45) is 6.72. The van der Waals surface area contributed by atoms with E-state index in [9.17, 15) is 4.79 Å². The first-order valence-corrected chi connectivity index (χ1v) is 7.48. The highest BCUT2D eigenvalue weighted by molar-refractivity contribution is 5.78. The van der Waals surface area contributed by atoms with Crippen molar-refractivity contribution in [1.29, 1.82) is 0 Å². The summed E-state index contributed by atoms with van der Waals surface area (Å²) in [7, 11) is 0. The highest BCUT2D eigenvalue weighted by Crippen LogP contribution is 2.26. The quantitative estimate of drug-likeness (QED) is 0.745. The second-order valence-electron chi connectivity index (χ2n) is 5.77. The van der Waals surface area contributed by atoms with E-state index in [0.29, 0.717) is 0 Å². The van der Waals surface area contributed by atoms with E-state index in [1.807, 2.05) is 0 Å². The molecule has 104 valence electrons. The summed E-state index contributed by atoms with van der Waals surface area (Å²) in [5.74, 6) is 0.377. The van der Waals surface area contributed by atoms with E-state index >= 15 is 0 Å². The molecule has 0 aromatic heterocycles. The molecule has 2 rings (SSSR count). The summed E-state index contributed by atoms with van der Waals surface area (Å²) >= 11 is 0. The molecule has 2 saturated carbocycles. The number of nitrogens with one attached hydrogen (secondary N) is 1. The lowest BCUT2D eigenvalue weighted by atomic mass is 9.85. The molecule has 3 N–H and O–H groups in total. The molecule has 0 aliphatic heterocycles. The average Bonchev–Trinajstić information content (AvgIpc) is 3.18. The summed E-state index contributed by atoms with van der Waals surface area (Å²) in [6.45, 7) is 5.07. The average molecular weight is 253 g/mol. The third kappa shape index (κ3) is 3.95. The number of hydrogen-bond acceptors (Lipinski definition) is 3. The molecule has 0 aromatic rings. The van der Waals surface area contributed by atoms with Gasteiger partial charge in [0.1, 0.15) is 0 Å². The molecule has 0 bridgehead atoms. The minimum absolute atomic E-state index is 0.157. The lowest BCUT2D eigenvalue weighted by molar-refractivity contribution is -0.126. The minimum Gasteiger partial charge on any atom is -0.355 e. The molecule has 0 aromatic carbocycles. The highest BCUT2D eigenvalue weighted by atomic mass is 16.1. The minimum atomic E-state index is 0.157. The van der Waals surface area contributed by atoms with Crippen LogP contribution in [-0.2, 0) is 4.79 Å². The Morgan fingerprint density at radius 3 is 2.72 bits per heavy atom. The first kappa shape index (κ1) is 13.8. The SMILES string of the molecule is CCN(CCNC(=O)C1CCCC(N)C1)C1CC1. The number of amides is 1. The van der Waals surface area contributed by atoms with Crippen LogP contribution in [0.1, 0.15) is 45.4 Å². The third-order valence-corrected chi connectivity index (χ3v) is 4.25. The molecule has 0 spiro atoms. The first-order valence-electron chi connectivity index (χ1n) is 7.48. The van der Waals surface area contributed by atoms with E-state index in [1.54, 1.807) is 0 Å². The van der Waals surface area contributed by atoms with E-state index in [-0.39, 0.29) is 17.9 Å². The van der Waals surface area contributed by atoms with Gasteiger partial charge in [0.25, 0.3) is 0 Å². The number of nitrogens with zero attached hydrogens (tertiary/aromatic N) is 1. The molecule has 0 saturated heterocycles. The fourth-order valence-corrected chi connectivity index (χ4v) is 2.97. The molecule has 2 unspecified atom stereocenters. The van der Waals surface area contributed by atoms with Gasteiger partial charge in [-0.25, -0.2) is 0 Å². The van der Waals surface area contributed by atoms with Crippen molar-refractivity contribution >= 4 is 5.91 Å². The molecule has 4 heteroatoms. The van der Waals surface area contributed by atoms with Crippen molar-refractivity contribution in [1.82, 2.24) is 10.2 Å². The lowest BCUT2D eigenvalue weighted by Crippen LogP contribution is -2.41. The van der Waals surface area contributed by atoms with Gasteiger partial charge in [-0.1, -0.05) is 13.3 Å². The lowest BCUT2D eigenvalue weighted by Gasteiger charge is -2.26. The van der Waals surface area contributed by atoms with Crippen LogP contribution in [0.2, 0.25) is 0 Å². The van der Waals surface area contributed by atoms with Gasteiger partial charge in [-0.2, -0.15) is 0 Å². The number of carbonyl (C=O) groups excluding carboxylic acids is 1. The first-order chi connectivity index (χ1) is 8.70. The maximum absolute atomic E-state index is 12.0. The van der Waals surface area contributed by atoms with Crippen molar-refractivity contribution in [2.45, 2.75) is 57.5 Å². The largest absolute Gasteiger partial charge is 0.355 e. The fourth-order valence-electron chi connectivity index (χ4n) is 2.97. The molecule has 2 atom stereocenters. The number of rotatable bonds is 6. The van der Waals surface area contributed by atoms with Gasteiger partial charge < -0.3 is 11.1 Å². The summed E-state index contributed by atoms with van der Waals surface area (Å²) in [6, 6.07) is 1.02. The van der Waals surface area contributed by atoms with Gasteiger partial charge in [-0.15, -0.1) is 0 Å². The third-order valence-electron chi connectivity index (χ3n) is 4.25. The van der Waals surface area contributed by atoms with Gasteiger partial charge in [0.2, 0.25) is 5.91 Å².